The van der Waals surface area contributed by atoms with E-state index in [9.17, 15) is 0 Å². The van der Waals surface area contributed by atoms with E-state index in [1.54, 1.807) is 0 Å². The number of likely N-dealkylation sites (N-methyl/N-ethyl adjacent to an activating group) is 1. The van der Waals surface area contributed by atoms with Crippen molar-refractivity contribution in [1.29, 1.82) is 0 Å². The first kappa shape index (κ1) is 12.7. The maximum atomic E-state index is 5.85. The minimum Gasteiger partial charge on any atom is -0.489 e. The number of rotatable bonds is 4. The summed E-state index contributed by atoms with van der Waals surface area (Å²) in [5.41, 5.74) is 2.30. The molecule has 0 saturated heterocycles. The summed E-state index contributed by atoms with van der Waals surface area (Å²) in [6, 6.07) is 18.3. The van der Waals surface area contributed by atoms with Crippen LogP contribution in [-0.2, 0) is 6.61 Å². The van der Waals surface area contributed by atoms with Crippen LogP contribution in [0.1, 0.15) is 11.1 Å². The molecule has 102 valence electrons. The summed E-state index contributed by atoms with van der Waals surface area (Å²) in [6.07, 6.45) is 0. The summed E-state index contributed by atoms with van der Waals surface area (Å²) in [4.78, 5) is 6.71. The molecule has 0 aromatic heterocycles. The Morgan fingerprint density at radius 2 is 1.95 bits per heavy atom. The molecule has 3 rings (SSSR count). The molecule has 2 aromatic rings. The van der Waals surface area contributed by atoms with Crippen LogP contribution in [0.4, 0.5) is 0 Å². The van der Waals surface area contributed by atoms with Crippen LogP contribution in [0.3, 0.4) is 0 Å². The normalized spacial score (nSPS) is 14.2. The Morgan fingerprint density at radius 3 is 2.70 bits per heavy atom. The first-order chi connectivity index (χ1) is 9.83. The van der Waals surface area contributed by atoms with Gasteiger partial charge in [0.05, 0.1) is 6.54 Å². The zero-order chi connectivity index (χ0) is 13.8. The van der Waals surface area contributed by atoms with Gasteiger partial charge < -0.3 is 9.64 Å². The van der Waals surface area contributed by atoms with Crippen molar-refractivity contribution in [3.05, 3.63) is 65.7 Å². The van der Waals surface area contributed by atoms with E-state index in [0.717, 1.165) is 30.2 Å². The lowest BCUT2D eigenvalue weighted by molar-refractivity contribution is 0.306. The zero-order valence-electron chi connectivity index (χ0n) is 11.6. The van der Waals surface area contributed by atoms with E-state index in [4.69, 9.17) is 4.74 Å². The van der Waals surface area contributed by atoms with E-state index in [0.29, 0.717) is 6.61 Å². The molecule has 0 spiro atoms. The van der Waals surface area contributed by atoms with Gasteiger partial charge in [-0.05, 0) is 17.7 Å². The smallest absolute Gasteiger partial charge is 0.130 e. The molecule has 0 saturated carbocycles. The number of aliphatic imine (C=N–C) groups is 1. The minimum absolute atomic E-state index is 0.590. The number of ether oxygens (including phenoxy) is 1. The van der Waals surface area contributed by atoms with E-state index >= 15 is 0 Å². The molecule has 0 amide bonds. The largest absolute Gasteiger partial charge is 0.489 e. The highest BCUT2D eigenvalue weighted by Gasteiger charge is 2.14. The number of hydrogen-bond acceptors (Lipinski definition) is 3. The topological polar surface area (TPSA) is 24.8 Å². The van der Waals surface area contributed by atoms with Crippen molar-refractivity contribution < 1.29 is 4.74 Å². The van der Waals surface area contributed by atoms with Gasteiger partial charge in [0, 0.05) is 19.2 Å². The number of nitrogens with zero attached hydrogens (tertiary/aromatic N) is 2. The SMILES string of the molecule is CN1CCN=C1c1cccc(OCc2ccccc2)c1. The molecule has 0 aliphatic carbocycles. The standard InChI is InChI=1S/C17H18N2O/c1-19-11-10-18-17(19)15-8-5-9-16(12-15)20-13-14-6-3-2-4-7-14/h2-9,12H,10-11,13H2,1H3. The molecular weight excluding hydrogens is 248 g/mol. The molecule has 1 aliphatic heterocycles. The quantitative estimate of drug-likeness (QED) is 0.850. The molecule has 0 N–H and O–H groups in total. The van der Waals surface area contributed by atoms with Crippen molar-refractivity contribution in [3.8, 4) is 5.75 Å². The first-order valence-electron chi connectivity index (χ1n) is 6.86. The van der Waals surface area contributed by atoms with Crippen LogP contribution in [-0.4, -0.2) is 30.9 Å². The van der Waals surface area contributed by atoms with Crippen molar-refractivity contribution >= 4 is 5.84 Å². The fourth-order valence-corrected chi connectivity index (χ4v) is 2.31. The van der Waals surface area contributed by atoms with Gasteiger partial charge in [-0.15, -0.1) is 0 Å². The van der Waals surface area contributed by atoms with Crippen LogP contribution < -0.4 is 4.74 Å². The predicted molar refractivity (Wildman–Crippen MR) is 81.3 cm³/mol. The molecule has 2 aromatic carbocycles. The molecule has 1 heterocycles. The van der Waals surface area contributed by atoms with E-state index in [2.05, 4.69) is 41.2 Å². The Labute approximate surface area is 119 Å². The summed E-state index contributed by atoms with van der Waals surface area (Å²) in [5.74, 6) is 1.93. The van der Waals surface area contributed by atoms with Gasteiger partial charge in [0.25, 0.3) is 0 Å². The minimum atomic E-state index is 0.590. The van der Waals surface area contributed by atoms with Crippen LogP contribution in [0.5, 0.6) is 5.75 Å². The van der Waals surface area contributed by atoms with E-state index in [1.165, 1.54) is 5.56 Å². The van der Waals surface area contributed by atoms with Crippen LogP contribution >= 0.6 is 0 Å². The number of amidine groups is 1. The van der Waals surface area contributed by atoms with Gasteiger partial charge in [0.15, 0.2) is 0 Å². The van der Waals surface area contributed by atoms with Gasteiger partial charge in [-0.2, -0.15) is 0 Å². The fourth-order valence-electron chi connectivity index (χ4n) is 2.31. The molecule has 0 fully saturated rings. The molecule has 1 aliphatic rings. The third-order valence-electron chi connectivity index (χ3n) is 3.40. The number of hydrogen-bond donors (Lipinski definition) is 0. The molecule has 0 unspecified atom stereocenters. The van der Waals surface area contributed by atoms with E-state index in [1.807, 2.05) is 30.3 Å². The van der Waals surface area contributed by atoms with E-state index < -0.39 is 0 Å². The summed E-state index contributed by atoms with van der Waals surface area (Å²) in [7, 11) is 2.07. The summed E-state index contributed by atoms with van der Waals surface area (Å²) < 4.78 is 5.85. The highest BCUT2D eigenvalue weighted by Crippen LogP contribution is 2.18. The van der Waals surface area contributed by atoms with Gasteiger partial charge in [-0.3, -0.25) is 4.99 Å². The highest BCUT2D eigenvalue weighted by atomic mass is 16.5. The maximum Gasteiger partial charge on any atom is 0.130 e. The van der Waals surface area contributed by atoms with Crippen LogP contribution in [0.25, 0.3) is 0 Å². The van der Waals surface area contributed by atoms with Crippen molar-refractivity contribution in [3.63, 3.8) is 0 Å². The van der Waals surface area contributed by atoms with Crippen LogP contribution in [0, 0.1) is 0 Å². The van der Waals surface area contributed by atoms with Crippen LogP contribution in [0.2, 0.25) is 0 Å². The van der Waals surface area contributed by atoms with Gasteiger partial charge in [0.1, 0.15) is 18.2 Å². The summed E-state index contributed by atoms with van der Waals surface area (Å²) >= 11 is 0. The lowest BCUT2D eigenvalue weighted by Gasteiger charge is -2.14. The van der Waals surface area contributed by atoms with Crippen molar-refractivity contribution in [2.45, 2.75) is 6.61 Å². The second kappa shape index (κ2) is 5.78. The van der Waals surface area contributed by atoms with Crippen LogP contribution in [0.15, 0.2) is 59.6 Å². The molecule has 3 nitrogen and oxygen atoms in total. The fraction of sp³-hybridized carbons (Fsp3) is 0.235. The van der Waals surface area contributed by atoms with Crippen molar-refractivity contribution in [2.24, 2.45) is 4.99 Å². The second-order valence-electron chi connectivity index (χ2n) is 4.93. The predicted octanol–water partition coefficient (Wildman–Crippen LogP) is 2.96. The molecular formula is C17H18N2O. The molecule has 0 bridgehead atoms. The highest BCUT2D eigenvalue weighted by molar-refractivity contribution is 5.99. The van der Waals surface area contributed by atoms with Gasteiger partial charge >= 0.3 is 0 Å². The van der Waals surface area contributed by atoms with Gasteiger partial charge in [-0.25, -0.2) is 0 Å². The Morgan fingerprint density at radius 1 is 1.10 bits per heavy atom. The average Bonchev–Trinajstić information content (AvgIpc) is 2.93. The first-order valence-corrected chi connectivity index (χ1v) is 6.86. The Bertz CT molecular complexity index is 607. The zero-order valence-corrected chi connectivity index (χ0v) is 11.6. The Hall–Kier alpha value is -2.29. The molecule has 0 atom stereocenters. The number of benzene rings is 2. The Balaban J connectivity index is 1.72. The summed E-state index contributed by atoms with van der Waals surface area (Å²) in [5, 5.41) is 0. The summed E-state index contributed by atoms with van der Waals surface area (Å²) in [6.45, 7) is 2.46. The molecule has 0 radical (unpaired) electrons. The molecule has 20 heavy (non-hydrogen) atoms. The molecule has 3 heteroatoms. The van der Waals surface area contributed by atoms with Crippen molar-refractivity contribution in [1.82, 2.24) is 4.90 Å². The van der Waals surface area contributed by atoms with Crippen molar-refractivity contribution in [2.75, 3.05) is 20.1 Å². The van der Waals surface area contributed by atoms with Gasteiger partial charge in [0.2, 0.25) is 0 Å². The lowest BCUT2D eigenvalue weighted by Crippen LogP contribution is -2.23. The third-order valence-corrected chi connectivity index (χ3v) is 3.40. The maximum absolute atomic E-state index is 5.85. The van der Waals surface area contributed by atoms with E-state index in [-0.39, 0.29) is 0 Å². The Kier molecular flexibility index (Phi) is 3.68. The third kappa shape index (κ3) is 2.82. The average molecular weight is 266 g/mol. The second-order valence-corrected chi connectivity index (χ2v) is 4.93. The lowest BCUT2D eigenvalue weighted by atomic mass is 10.2. The van der Waals surface area contributed by atoms with Gasteiger partial charge in [-0.1, -0.05) is 42.5 Å². The monoisotopic (exact) mass is 266 g/mol.